The average molecular weight is 393 g/mol. The number of halogens is 3. The van der Waals surface area contributed by atoms with E-state index in [1.807, 2.05) is 13.1 Å². The van der Waals surface area contributed by atoms with Crippen LogP contribution in [0, 0.1) is 5.92 Å². The summed E-state index contributed by atoms with van der Waals surface area (Å²) in [5.41, 5.74) is 1.99. The first-order valence-corrected chi connectivity index (χ1v) is 9.89. The van der Waals surface area contributed by atoms with Crippen molar-refractivity contribution in [3.8, 4) is 0 Å². The number of allylic oxidation sites excluding steroid dienone is 1. The molecule has 1 heterocycles. The molecule has 0 amide bonds. The van der Waals surface area contributed by atoms with Gasteiger partial charge in [-0.3, -0.25) is 4.99 Å². The molecule has 0 fully saturated rings. The summed E-state index contributed by atoms with van der Waals surface area (Å²) in [5, 5.41) is 3.44. The first kappa shape index (κ1) is 22.4. The van der Waals surface area contributed by atoms with Crippen molar-refractivity contribution < 1.29 is 13.2 Å². The number of alkyl halides is 3. The molecule has 1 N–H and O–H groups in total. The van der Waals surface area contributed by atoms with Crippen molar-refractivity contribution in [1.29, 1.82) is 0 Å². The van der Waals surface area contributed by atoms with Crippen LogP contribution in [0.3, 0.4) is 0 Å². The zero-order valence-electron chi connectivity index (χ0n) is 16.9. The van der Waals surface area contributed by atoms with E-state index in [0.29, 0.717) is 0 Å². The van der Waals surface area contributed by atoms with E-state index in [-0.39, 0.29) is 5.92 Å². The molecule has 0 bridgehead atoms. The quantitative estimate of drug-likeness (QED) is 0.636. The van der Waals surface area contributed by atoms with E-state index in [1.165, 1.54) is 12.1 Å². The Morgan fingerprint density at radius 1 is 1.14 bits per heavy atom. The Morgan fingerprint density at radius 2 is 1.82 bits per heavy atom. The monoisotopic (exact) mass is 393 g/mol. The first-order chi connectivity index (χ1) is 13.3. The van der Waals surface area contributed by atoms with Crippen molar-refractivity contribution >= 4 is 5.71 Å². The molecule has 0 saturated carbocycles. The molecule has 0 spiro atoms. The highest BCUT2D eigenvalue weighted by molar-refractivity contribution is 6.02. The van der Waals surface area contributed by atoms with Crippen LogP contribution in [0.4, 0.5) is 13.2 Å². The van der Waals surface area contributed by atoms with Gasteiger partial charge in [0.25, 0.3) is 0 Å². The Bertz CT molecular complexity index is 699. The standard InChI is InChI=1S/C22H30F3N3/c1-4-28(5-2)14-13-26-15-18-8-6-7-17(3)21(27-16-18)19-9-11-20(12-10-19)22(23,24)25/h6,8-12,16-17,26H,4-5,7,13-15H2,1-3H3. The van der Waals surface area contributed by atoms with E-state index in [2.05, 4.69) is 41.2 Å². The largest absolute Gasteiger partial charge is 0.416 e. The zero-order chi connectivity index (χ0) is 20.6. The minimum Gasteiger partial charge on any atom is -0.311 e. The van der Waals surface area contributed by atoms with Gasteiger partial charge in [0, 0.05) is 31.8 Å². The normalized spacial score (nSPS) is 17.9. The lowest BCUT2D eigenvalue weighted by Crippen LogP contribution is -2.32. The van der Waals surface area contributed by atoms with E-state index in [0.717, 1.165) is 68.1 Å². The number of benzene rings is 1. The number of aliphatic imine (C=N–C) groups is 1. The van der Waals surface area contributed by atoms with Gasteiger partial charge in [-0.25, -0.2) is 0 Å². The molecule has 0 radical (unpaired) electrons. The highest BCUT2D eigenvalue weighted by atomic mass is 19.4. The van der Waals surface area contributed by atoms with Crippen LogP contribution in [-0.2, 0) is 6.18 Å². The van der Waals surface area contributed by atoms with Crippen molar-refractivity contribution in [3.63, 3.8) is 0 Å². The van der Waals surface area contributed by atoms with E-state index >= 15 is 0 Å². The summed E-state index contributed by atoms with van der Waals surface area (Å²) >= 11 is 0. The van der Waals surface area contributed by atoms with Gasteiger partial charge in [-0.2, -0.15) is 13.2 Å². The second-order valence-electron chi connectivity index (χ2n) is 7.04. The van der Waals surface area contributed by atoms with Gasteiger partial charge in [0.2, 0.25) is 0 Å². The summed E-state index contributed by atoms with van der Waals surface area (Å²) in [6, 6.07) is 5.27. The topological polar surface area (TPSA) is 27.6 Å². The van der Waals surface area contributed by atoms with Crippen LogP contribution >= 0.6 is 0 Å². The Balaban J connectivity index is 2.06. The Labute approximate surface area is 166 Å². The summed E-state index contributed by atoms with van der Waals surface area (Å²) < 4.78 is 38.4. The summed E-state index contributed by atoms with van der Waals surface area (Å²) in [7, 11) is 0. The van der Waals surface area contributed by atoms with E-state index < -0.39 is 11.7 Å². The highest BCUT2D eigenvalue weighted by Gasteiger charge is 2.30. The lowest BCUT2D eigenvalue weighted by atomic mass is 9.93. The first-order valence-electron chi connectivity index (χ1n) is 9.89. The van der Waals surface area contributed by atoms with Gasteiger partial charge in [0.05, 0.1) is 11.3 Å². The molecule has 1 atom stereocenters. The SMILES string of the molecule is CCN(CC)CCNCC1=CN=C(c2ccc(C(F)(F)F)cc2)C(C)CC=C1. The predicted octanol–water partition coefficient (Wildman–Crippen LogP) is 4.91. The molecule has 1 aliphatic heterocycles. The second kappa shape index (κ2) is 10.6. The van der Waals surface area contributed by atoms with Gasteiger partial charge in [-0.1, -0.05) is 45.1 Å². The van der Waals surface area contributed by atoms with Crippen LogP contribution < -0.4 is 5.32 Å². The maximum absolute atomic E-state index is 12.8. The maximum Gasteiger partial charge on any atom is 0.416 e. The predicted molar refractivity (Wildman–Crippen MR) is 110 cm³/mol. The molecule has 1 aromatic carbocycles. The smallest absolute Gasteiger partial charge is 0.311 e. The van der Waals surface area contributed by atoms with Crippen LogP contribution in [0.1, 0.15) is 38.3 Å². The molecule has 6 heteroatoms. The Morgan fingerprint density at radius 3 is 2.43 bits per heavy atom. The number of hydrogen-bond acceptors (Lipinski definition) is 3. The minimum atomic E-state index is -4.32. The average Bonchev–Trinajstić information content (AvgIpc) is 2.65. The molecule has 154 valence electrons. The highest BCUT2D eigenvalue weighted by Crippen LogP contribution is 2.29. The molecule has 0 aromatic heterocycles. The Hall–Kier alpha value is -1.92. The summed E-state index contributed by atoms with van der Waals surface area (Å²) in [5.74, 6) is 0.140. The van der Waals surface area contributed by atoms with E-state index in [9.17, 15) is 13.2 Å². The molecule has 1 unspecified atom stereocenters. The summed E-state index contributed by atoms with van der Waals surface area (Å²) in [4.78, 5) is 6.98. The molecule has 1 aliphatic rings. The van der Waals surface area contributed by atoms with Crippen LogP contribution in [-0.4, -0.2) is 43.3 Å². The van der Waals surface area contributed by atoms with Crippen molar-refractivity contribution in [2.45, 2.75) is 33.4 Å². The number of rotatable bonds is 8. The molecule has 2 rings (SSSR count). The summed E-state index contributed by atoms with van der Waals surface area (Å²) in [6.07, 6.45) is 2.50. The number of hydrogen-bond donors (Lipinski definition) is 1. The maximum atomic E-state index is 12.8. The van der Waals surface area contributed by atoms with Gasteiger partial charge < -0.3 is 10.2 Å². The fourth-order valence-corrected chi connectivity index (χ4v) is 3.16. The van der Waals surface area contributed by atoms with Crippen LogP contribution in [0.2, 0.25) is 0 Å². The zero-order valence-corrected chi connectivity index (χ0v) is 16.9. The van der Waals surface area contributed by atoms with E-state index in [4.69, 9.17) is 0 Å². The molecule has 1 aromatic rings. The molecular weight excluding hydrogens is 363 g/mol. The van der Waals surface area contributed by atoms with Gasteiger partial charge in [0.1, 0.15) is 0 Å². The second-order valence-corrected chi connectivity index (χ2v) is 7.04. The lowest BCUT2D eigenvalue weighted by Gasteiger charge is -2.18. The van der Waals surface area contributed by atoms with E-state index in [1.54, 1.807) is 0 Å². The van der Waals surface area contributed by atoms with Crippen LogP contribution in [0.15, 0.2) is 53.2 Å². The number of nitrogens with zero attached hydrogens (tertiary/aromatic N) is 2. The summed E-state index contributed by atoms with van der Waals surface area (Å²) in [6.45, 7) is 11.1. The van der Waals surface area contributed by atoms with Crippen LogP contribution in [0.5, 0.6) is 0 Å². The van der Waals surface area contributed by atoms with Crippen molar-refractivity contribution in [3.05, 3.63) is 59.3 Å². The Kier molecular flexibility index (Phi) is 8.45. The third kappa shape index (κ3) is 6.60. The van der Waals surface area contributed by atoms with Crippen LogP contribution in [0.25, 0.3) is 0 Å². The fraction of sp³-hybridized carbons (Fsp3) is 0.500. The van der Waals surface area contributed by atoms with Gasteiger partial charge in [0.15, 0.2) is 0 Å². The molecule has 0 saturated heterocycles. The van der Waals surface area contributed by atoms with Gasteiger partial charge >= 0.3 is 6.18 Å². The molecule has 0 aliphatic carbocycles. The third-order valence-electron chi connectivity index (χ3n) is 4.99. The third-order valence-corrected chi connectivity index (χ3v) is 4.99. The molecular formula is C22H30F3N3. The number of likely N-dealkylation sites (N-methyl/N-ethyl adjacent to an activating group) is 1. The number of nitrogens with one attached hydrogen (secondary N) is 1. The molecule has 3 nitrogen and oxygen atoms in total. The lowest BCUT2D eigenvalue weighted by molar-refractivity contribution is -0.137. The fourth-order valence-electron chi connectivity index (χ4n) is 3.16. The minimum absolute atomic E-state index is 0.140. The van der Waals surface area contributed by atoms with Crippen molar-refractivity contribution in [2.24, 2.45) is 10.9 Å². The van der Waals surface area contributed by atoms with Crippen molar-refractivity contribution in [2.75, 3.05) is 32.7 Å². The van der Waals surface area contributed by atoms with Gasteiger partial charge in [-0.15, -0.1) is 0 Å². The molecule has 28 heavy (non-hydrogen) atoms. The van der Waals surface area contributed by atoms with Gasteiger partial charge in [-0.05, 0) is 42.8 Å². The van der Waals surface area contributed by atoms with Crippen molar-refractivity contribution in [1.82, 2.24) is 10.2 Å².